The quantitative estimate of drug-likeness (QED) is 0.317. The second-order valence-electron chi connectivity index (χ2n) is 6.62. The maximum atomic E-state index is 13.1. The van der Waals surface area contributed by atoms with E-state index in [1.54, 1.807) is 0 Å². The summed E-state index contributed by atoms with van der Waals surface area (Å²) in [5.41, 5.74) is 9.72. The van der Waals surface area contributed by atoms with Crippen LogP contribution in [0.15, 0.2) is 52.8 Å². The molecule has 148 valence electrons. The number of likely N-dealkylation sites (N-methyl/N-ethyl adjacent to an activating group) is 1. The second kappa shape index (κ2) is 11.4. The molecule has 27 heavy (non-hydrogen) atoms. The average Bonchev–Trinajstić information content (AvgIpc) is 2.69. The Hall–Kier alpha value is -2.34. The molecule has 1 aliphatic rings. The lowest BCUT2D eigenvalue weighted by Crippen LogP contribution is -2.35. The van der Waals surface area contributed by atoms with Crippen LogP contribution in [0.1, 0.15) is 32.6 Å². The highest BCUT2D eigenvalue weighted by atomic mass is 19.1. The predicted molar refractivity (Wildman–Crippen MR) is 112 cm³/mol. The number of benzene rings is 1. The molecule has 6 heteroatoms. The second-order valence-corrected chi connectivity index (χ2v) is 6.62. The third-order valence-electron chi connectivity index (χ3n) is 4.81. The summed E-state index contributed by atoms with van der Waals surface area (Å²) in [7, 11) is 0. The number of hydrogen-bond donors (Lipinski definition) is 3. The number of nitrogens with zero attached hydrogens (tertiary/aromatic N) is 2. The molecule has 1 aromatic rings. The van der Waals surface area contributed by atoms with Crippen LogP contribution in [0, 0.1) is 5.82 Å². The Labute approximate surface area is 162 Å². The molecular formula is C21H32FN5. The lowest BCUT2D eigenvalue weighted by Gasteiger charge is -2.23. The summed E-state index contributed by atoms with van der Waals surface area (Å²) in [6.45, 7) is 10.6. The smallest absolute Gasteiger partial charge is 0.123 e. The zero-order valence-electron chi connectivity index (χ0n) is 16.3. The maximum absolute atomic E-state index is 13.1. The molecule has 0 aliphatic heterocycles. The van der Waals surface area contributed by atoms with E-state index >= 15 is 0 Å². The number of allylic oxidation sites excluding steroid dienone is 2. The third kappa shape index (κ3) is 6.71. The largest absolute Gasteiger partial charge is 0.390 e. The molecule has 0 atom stereocenters. The number of hydrogen-bond acceptors (Lipinski definition) is 4. The van der Waals surface area contributed by atoms with E-state index in [4.69, 9.17) is 5.73 Å². The van der Waals surface area contributed by atoms with Gasteiger partial charge in [0.1, 0.15) is 5.82 Å². The van der Waals surface area contributed by atoms with Crippen molar-refractivity contribution in [3.8, 4) is 0 Å². The van der Waals surface area contributed by atoms with Crippen molar-refractivity contribution in [3.63, 3.8) is 0 Å². The van der Waals surface area contributed by atoms with Gasteiger partial charge in [0.25, 0.3) is 0 Å². The number of nitrogens with one attached hydrogen (secondary N) is 2. The maximum Gasteiger partial charge on any atom is 0.123 e. The van der Waals surface area contributed by atoms with Crippen LogP contribution < -0.4 is 21.3 Å². The van der Waals surface area contributed by atoms with Crippen molar-refractivity contribution in [2.24, 2.45) is 10.7 Å². The van der Waals surface area contributed by atoms with E-state index in [1.165, 1.54) is 30.5 Å². The number of nitrogens with two attached hydrogens (primary N) is 1. The van der Waals surface area contributed by atoms with Gasteiger partial charge < -0.3 is 21.3 Å². The molecule has 1 aliphatic carbocycles. The van der Waals surface area contributed by atoms with Crippen molar-refractivity contribution in [2.45, 2.75) is 32.6 Å². The van der Waals surface area contributed by atoms with Crippen LogP contribution in [0.4, 0.5) is 10.1 Å². The lowest BCUT2D eigenvalue weighted by molar-refractivity contribution is 0.621. The first kappa shape index (κ1) is 21.0. The van der Waals surface area contributed by atoms with Gasteiger partial charge in [-0.15, -0.1) is 0 Å². The molecule has 0 aromatic heterocycles. The molecule has 0 radical (unpaired) electrons. The minimum absolute atomic E-state index is 0.201. The first-order valence-electron chi connectivity index (χ1n) is 9.76. The van der Waals surface area contributed by atoms with E-state index in [2.05, 4.69) is 34.0 Å². The fraction of sp³-hybridized carbons (Fsp3) is 0.476. The molecular weight excluding hydrogens is 341 g/mol. The highest BCUT2D eigenvalue weighted by Crippen LogP contribution is 2.28. The number of aliphatic imine (C=N–C) groups is 1. The molecule has 0 spiro atoms. The van der Waals surface area contributed by atoms with Gasteiger partial charge in [-0.05, 0) is 62.4 Å². The van der Waals surface area contributed by atoms with Crippen LogP contribution in [0.2, 0.25) is 0 Å². The van der Waals surface area contributed by atoms with Gasteiger partial charge in [0.05, 0.1) is 6.34 Å². The molecule has 0 unspecified atom stereocenters. The Bertz CT molecular complexity index is 651. The number of halogens is 1. The van der Waals surface area contributed by atoms with Gasteiger partial charge in [0.15, 0.2) is 0 Å². The Morgan fingerprint density at radius 2 is 1.96 bits per heavy atom. The van der Waals surface area contributed by atoms with Crippen LogP contribution in [0.5, 0.6) is 0 Å². The summed E-state index contributed by atoms with van der Waals surface area (Å²) >= 11 is 0. The molecule has 0 heterocycles. The van der Waals surface area contributed by atoms with Gasteiger partial charge in [0.2, 0.25) is 0 Å². The summed E-state index contributed by atoms with van der Waals surface area (Å²) in [5.74, 6) is -0.201. The van der Waals surface area contributed by atoms with Crippen LogP contribution in [-0.4, -0.2) is 39.1 Å². The van der Waals surface area contributed by atoms with E-state index in [1.807, 2.05) is 12.1 Å². The van der Waals surface area contributed by atoms with E-state index in [-0.39, 0.29) is 5.82 Å². The normalized spacial score (nSPS) is 14.6. The first-order valence-corrected chi connectivity index (χ1v) is 9.76. The van der Waals surface area contributed by atoms with Gasteiger partial charge >= 0.3 is 0 Å². The topological polar surface area (TPSA) is 65.7 Å². The molecule has 2 rings (SSSR count). The van der Waals surface area contributed by atoms with Gasteiger partial charge in [-0.3, -0.25) is 0 Å². The average molecular weight is 374 g/mol. The SMILES string of the molecule is C=C(NCCNCCN(CC)c1ccc(F)cc1)C1=C(N=CN)CCCC1. The number of anilines is 1. The fourth-order valence-corrected chi connectivity index (χ4v) is 3.32. The van der Waals surface area contributed by atoms with Gasteiger partial charge in [-0.1, -0.05) is 6.58 Å². The van der Waals surface area contributed by atoms with Crippen LogP contribution in [0.25, 0.3) is 0 Å². The van der Waals surface area contributed by atoms with Gasteiger partial charge in [0, 0.05) is 49.8 Å². The van der Waals surface area contributed by atoms with E-state index in [9.17, 15) is 4.39 Å². The fourth-order valence-electron chi connectivity index (χ4n) is 3.32. The summed E-state index contributed by atoms with van der Waals surface area (Å²) < 4.78 is 13.1. The Morgan fingerprint density at radius 1 is 1.22 bits per heavy atom. The van der Waals surface area contributed by atoms with E-state index < -0.39 is 0 Å². The van der Waals surface area contributed by atoms with Crippen LogP contribution in [0.3, 0.4) is 0 Å². The summed E-state index contributed by atoms with van der Waals surface area (Å²) in [5, 5.41) is 6.84. The molecule has 0 fully saturated rings. The predicted octanol–water partition coefficient (Wildman–Crippen LogP) is 3.16. The Balaban J connectivity index is 1.69. The molecule has 0 saturated carbocycles. The van der Waals surface area contributed by atoms with Gasteiger partial charge in [-0.25, -0.2) is 9.38 Å². The van der Waals surface area contributed by atoms with E-state index in [0.717, 1.165) is 69.1 Å². The highest BCUT2D eigenvalue weighted by Gasteiger charge is 2.14. The standard InChI is InChI=1S/C21H32FN5/c1-3-27(19-10-8-18(22)9-11-19)15-14-24-12-13-25-17(2)20-6-4-5-7-21(20)26-16-23/h8-11,16,24-25H,2-7,12-15H2,1H3,(H2,23,26). The molecule has 1 aromatic carbocycles. The third-order valence-corrected chi connectivity index (χ3v) is 4.81. The van der Waals surface area contributed by atoms with Crippen LogP contribution in [-0.2, 0) is 0 Å². The minimum atomic E-state index is -0.201. The van der Waals surface area contributed by atoms with Crippen molar-refractivity contribution in [1.82, 2.24) is 10.6 Å². The first-order chi connectivity index (χ1) is 13.2. The molecule has 0 bridgehead atoms. The van der Waals surface area contributed by atoms with Crippen molar-refractivity contribution in [3.05, 3.63) is 53.6 Å². The van der Waals surface area contributed by atoms with Crippen molar-refractivity contribution in [2.75, 3.05) is 37.6 Å². The van der Waals surface area contributed by atoms with Crippen LogP contribution >= 0.6 is 0 Å². The molecule has 0 saturated heterocycles. The number of rotatable bonds is 11. The van der Waals surface area contributed by atoms with Gasteiger partial charge in [-0.2, -0.15) is 0 Å². The minimum Gasteiger partial charge on any atom is -0.390 e. The molecule has 4 N–H and O–H groups in total. The lowest BCUT2D eigenvalue weighted by atomic mass is 9.94. The zero-order chi connectivity index (χ0) is 19.5. The highest BCUT2D eigenvalue weighted by molar-refractivity contribution is 5.54. The zero-order valence-corrected chi connectivity index (χ0v) is 16.3. The molecule has 0 amide bonds. The summed E-state index contributed by atoms with van der Waals surface area (Å²) in [6.07, 6.45) is 5.69. The summed E-state index contributed by atoms with van der Waals surface area (Å²) in [4.78, 5) is 6.52. The Morgan fingerprint density at radius 3 is 2.67 bits per heavy atom. The van der Waals surface area contributed by atoms with Crippen molar-refractivity contribution < 1.29 is 4.39 Å². The Kier molecular flexibility index (Phi) is 8.84. The summed E-state index contributed by atoms with van der Waals surface area (Å²) in [6, 6.07) is 6.65. The van der Waals surface area contributed by atoms with Crippen molar-refractivity contribution >= 4 is 12.0 Å². The van der Waals surface area contributed by atoms with Crippen molar-refractivity contribution in [1.29, 1.82) is 0 Å². The monoisotopic (exact) mass is 373 g/mol. The van der Waals surface area contributed by atoms with E-state index in [0.29, 0.717) is 0 Å². The molecule has 5 nitrogen and oxygen atoms in total.